The van der Waals surface area contributed by atoms with Crippen molar-refractivity contribution in [3.05, 3.63) is 65.1 Å². The second kappa shape index (κ2) is 8.60. The molecule has 0 spiro atoms. The van der Waals surface area contributed by atoms with Crippen molar-refractivity contribution in [2.24, 2.45) is 7.05 Å². The number of benzene rings is 2. The number of aryl methyl sites for hydroxylation is 2. The number of nitrogens with zero attached hydrogens (tertiary/aromatic N) is 6. The number of hydrogen-bond acceptors (Lipinski definition) is 5. The molecule has 5 rings (SSSR count). The molecule has 178 valence electrons. The Bertz CT molecular complexity index is 1510. The molecule has 1 N–H and O–H groups in total. The average Bonchev–Trinajstić information content (AvgIpc) is 3.55. The van der Waals surface area contributed by atoms with E-state index in [1.165, 1.54) is 22.9 Å². The number of rotatable bonds is 4. The van der Waals surface area contributed by atoms with Crippen LogP contribution in [0.4, 0.5) is 8.78 Å². The van der Waals surface area contributed by atoms with Gasteiger partial charge in [-0.3, -0.25) is 14.0 Å². The van der Waals surface area contributed by atoms with Gasteiger partial charge in [0.15, 0.2) is 5.82 Å². The van der Waals surface area contributed by atoms with E-state index in [0.29, 0.717) is 35.4 Å². The summed E-state index contributed by atoms with van der Waals surface area (Å²) in [5.74, 6) is -1.20. The second-order valence-electron chi connectivity index (χ2n) is 8.70. The lowest BCUT2D eigenvalue weighted by Crippen LogP contribution is -2.34. The van der Waals surface area contributed by atoms with Gasteiger partial charge >= 0.3 is 0 Å². The quantitative estimate of drug-likeness (QED) is 0.489. The maximum Gasteiger partial charge on any atom is 0.272 e. The maximum atomic E-state index is 15.1. The van der Waals surface area contributed by atoms with Crippen LogP contribution in [0.5, 0.6) is 0 Å². The largest absolute Gasteiger partial charge is 0.336 e. The number of imidazole rings is 1. The standard InChI is InChI=1S/C25H23F2N7O/c1-14-23(25(35)33-7-6-18(13-33)29-2)34(19-8-17-12-32(3)31-22(17)21(27)10-19)24(30-14)15-4-5-16(11-28)20(26)9-15/h4-5,8-10,12,18,29H,6-7,13H2,1-3H3/t18-/m0/s1. The van der Waals surface area contributed by atoms with E-state index in [-0.39, 0.29) is 34.5 Å². The smallest absolute Gasteiger partial charge is 0.272 e. The van der Waals surface area contributed by atoms with Gasteiger partial charge in [0.05, 0.1) is 16.9 Å². The molecular weight excluding hydrogens is 452 g/mol. The number of hydrogen-bond donors (Lipinski definition) is 1. The van der Waals surface area contributed by atoms with Crippen LogP contribution in [0.1, 0.15) is 28.2 Å². The Hall–Kier alpha value is -4.10. The summed E-state index contributed by atoms with van der Waals surface area (Å²) in [7, 11) is 3.56. The van der Waals surface area contributed by atoms with Crippen LogP contribution in [-0.4, -0.2) is 56.3 Å². The van der Waals surface area contributed by atoms with Crippen molar-refractivity contribution in [1.82, 2.24) is 29.5 Å². The number of carbonyl (C=O) groups excluding carboxylic acids is 1. The van der Waals surface area contributed by atoms with Gasteiger partial charge in [0.25, 0.3) is 5.91 Å². The van der Waals surface area contributed by atoms with E-state index in [1.807, 2.05) is 7.05 Å². The predicted molar refractivity (Wildman–Crippen MR) is 126 cm³/mol. The van der Waals surface area contributed by atoms with Crippen LogP contribution in [0.2, 0.25) is 0 Å². The third-order valence-electron chi connectivity index (χ3n) is 6.41. The van der Waals surface area contributed by atoms with Gasteiger partial charge in [0.2, 0.25) is 0 Å². The molecule has 1 aliphatic heterocycles. The molecule has 2 aromatic carbocycles. The van der Waals surface area contributed by atoms with Crippen molar-refractivity contribution in [2.75, 3.05) is 20.1 Å². The number of nitriles is 1. The summed E-state index contributed by atoms with van der Waals surface area (Å²) in [5, 5.41) is 17.0. The van der Waals surface area contributed by atoms with Crippen molar-refractivity contribution >= 4 is 16.8 Å². The Kier molecular flexibility index (Phi) is 5.57. The van der Waals surface area contributed by atoms with Crippen LogP contribution in [-0.2, 0) is 7.05 Å². The molecule has 8 nitrogen and oxygen atoms in total. The Balaban J connectivity index is 1.73. The van der Waals surface area contributed by atoms with E-state index in [0.717, 1.165) is 6.42 Å². The maximum absolute atomic E-state index is 15.1. The summed E-state index contributed by atoms with van der Waals surface area (Å²) >= 11 is 0. The lowest BCUT2D eigenvalue weighted by atomic mass is 10.1. The highest BCUT2D eigenvalue weighted by atomic mass is 19.1. The molecule has 1 aliphatic rings. The Morgan fingerprint density at radius 2 is 2.03 bits per heavy atom. The molecule has 35 heavy (non-hydrogen) atoms. The minimum Gasteiger partial charge on any atom is -0.336 e. The van der Waals surface area contributed by atoms with Crippen LogP contribution < -0.4 is 5.32 Å². The van der Waals surface area contributed by atoms with Gasteiger partial charge in [0.1, 0.15) is 28.9 Å². The molecule has 1 fully saturated rings. The second-order valence-corrected chi connectivity index (χ2v) is 8.70. The van der Waals surface area contributed by atoms with E-state index in [4.69, 9.17) is 5.26 Å². The third-order valence-corrected chi connectivity index (χ3v) is 6.41. The fraction of sp³-hybridized carbons (Fsp3) is 0.280. The zero-order chi connectivity index (χ0) is 24.9. The molecule has 1 saturated heterocycles. The van der Waals surface area contributed by atoms with Crippen LogP contribution in [0, 0.1) is 29.9 Å². The highest BCUT2D eigenvalue weighted by molar-refractivity contribution is 5.96. The van der Waals surface area contributed by atoms with Crippen LogP contribution in [0.25, 0.3) is 28.0 Å². The summed E-state index contributed by atoms with van der Waals surface area (Å²) in [4.78, 5) is 20.0. The molecule has 0 saturated carbocycles. The molecule has 3 heterocycles. The normalized spacial score (nSPS) is 15.7. The Morgan fingerprint density at radius 3 is 2.71 bits per heavy atom. The van der Waals surface area contributed by atoms with Crippen molar-refractivity contribution < 1.29 is 13.6 Å². The monoisotopic (exact) mass is 475 g/mol. The Morgan fingerprint density at radius 1 is 1.23 bits per heavy atom. The first-order valence-corrected chi connectivity index (χ1v) is 11.2. The first kappa shape index (κ1) is 22.7. The number of halogens is 2. The minimum atomic E-state index is -0.699. The first-order valence-electron chi connectivity index (χ1n) is 11.2. The Labute approximate surface area is 200 Å². The number of fused-ring (bicyclic) bond motifs is 1. The van der Waals surface area contributed by atoms with E-state index in [9.17, 15) is 9.18 Å². The van der Waals surface area contributed by atoms with Gasteiger partial charge < -0.3 is 10.2 Å². The number of likely N-dealkylation sites (N-methyl/N-ethyl adjacent to an activating group) is 1. The average molecular weight is 476 g/mol. The van der Waals surface area contributed by atoms with E-state index >= 15 is 4.39 Å². The lowest BCUT2D eigenvalue weighted by Gasteiger charge is -2.19. The summed E-state index contributed by atoms with van der Waals surface area (Å²) < 4.78 is 32.7. The molecule has 4 aromatic rings. The predicted octanol–water partition coefficient (Wildman–Crippen LogP) is 3.32. The first-order chi connectivity index (χ1) is 16.8. The highest BCUT2D eigenvalue weighted by Gasteiger charge is 2.31. The molecule has 0 radical (unpaired) electrons. The molecule has 0 bridgehead atoms. The summed E-state index contributed by atoms with van der Waals surface area (Å²) in [5.41, 5.74) is 1.57. The van der Waals surface area contributed by atoms with E-state index < -0.39 is 11.6 Å². The van der Waals surface area contributed by atoms with Crippen molar-refractivity contribution in [1.29, 1.82) is 5.26 Å². The topological polar surface area (TPSA) is 91.8 Å². The fourth-order valence-electron chi connectivity index (χ4n) is 4.63. The summed E-state index contributed by atoms with van der Waals surface area (Å²) in [6.07, 6.45) is 2.51. The van der Waals surface area contributed by atoms with Gasteiger partial charge in [-0.1, -0.05) is 0 Å². The lowest BCUT2D eigenvalue weighted by molar-refractivity contribution is 0.0781. The number of nitrogens with one attached hydrogen (secondary N) is 1. The molecule has 1 amide bonds. The molecule has 0 unspecified atom stereocenters. The molecule has 2 aromatic heterocycles. The molecular formula is C25H23F2N7O. The third kappa shape index (κ3) is 3.84. The highest BCUT2D eigenvalue weighted by Crippen LogP contribution is 2.31. The van der Waals surface area contributed by atoms with E-state index in [1.54, 1.807) is 47.8 Å². The summed E-state index contributed by atoms with van der Waals surface area (Å²) in [6.45, 7) is 2.82. The number of likely N-dealkylation sites (tertiary alicyclic amines) is 1. The van der Waals surface area contributed by atoms with Crippen molar-refractivity contribution in [3.63, 3.8) is 0 Å². The molecule has 0 aliphatic carbocycles. The van der Waals surface area contributed by atoms with Gasteiger partial charge in [0, 0.05) is 49.4 Å². The van der Waals surface area contributed by atoms with Crippen LogP contribution in [0.15, 0.2) is 36.5 Å². The van der Waals surface area contributed by atoms with Gasteiger partial charge in [-0.05, 0) is 44.7 Å². The van der Waals surface area contributed by atoms with Crippen molar-refractivity contribution in [3.8, 4) is 23.1 Å². The van der Waals surface area contributed by atoms with Gasteiger partial charge in [-0.2, -0.15) is 10.4 Å². The SMILES string of the molecule is CN[C@H]1CCN(C(=O)c2c(C)nc(-c3ccc(C#N)c(F)c3)n2-c2cc(F)c3nn(C)cc3c2)C1. The van der Waals surface area contributed by atoms with Crippen LogP contribution >= 0.6 is 0 Å². The van der Waals surface area contributed by atoms with Gasteiger partial charge in [-0.25, -0.2) is 13.8 Å². The zero-order valence-electron chi connectivity index (χ0n) is 19.5. The number of aromatic nitrogens is 4. The van der Waals surface area contributed by atoms with Gasteiger partial charge in [-0.15, -0.1) is 0 Å². The molecule has 10 heteroatoms. The zero-order valence-corrected chi connectivity index (χ0v) is 19.5. The molecule has 1 atom stereocenters. The van der Waals surface area contributed by atoms with Crippen LogP contribution in [0.3, 0.4) is 0 Å². The summed E-state index contributed by atoms with van der Waals surface area (Å²) in [6, 6.07) is 9.16. The minimum absolute atomic E-state index is 0.0992. The van der Waals surface area contributed by atoms with E-state index in [2.05, 4.69) is 15.4 Å². The number of amides is 1. The van der Waals surface area contributed by atoms with Crippen molar-refractivity contribution in [2.45, 2.75) is 19.4 Å². The fourth-order valence-corrected chi connectivity index (χ4v) is 4.63. The number of carbonyl (C=O) groups is 1.